The van der Waals surface area contributed by atoms with Crippen LogP contribution >= 0.6 is 0 Å². The van der Waals surface area contributed by atoms with Crippen LogP contribution in [-0.4, -0.2) is 66.6 Å². The van der Waals surface area contributed by atoms with Crippen molar-refractivity contribution in [3.8, 4) is 28.4 Å². The molecule has 45 heavy (non-hydrogen) atoms. The molecule has 3 amide bonds. The first-order valence-electron chi connectivity index (χ1n) is 14.4. The Hall–Kier alpha value is -5.39. The minimum atomic E-state index is -0.710. The number of carbonyl (C=O) groups is 3. The maximum absolute atomic E-state index is 15.1. The van der Waals surface area contributed by atoms with Gasteiger partial charge in [0.25, 0.3) is 17.7 Å². The Morgan fingerprint density at radius 3 is 2.71 bits per heavy atom. The minimum absolute atomic E-state index is 0.0868. The Morgan fingerprint density at radius 1 is 1.07 bits per heavy atom. The van der Waals surface area contributed by atoms with Gasteiger partial charge in [0, 0.05) is 37.7 Å². The monoisotopic (exact) mass is 614 g/mol. The number of carbonyl (C=O) groups excluding carboxylic acids is 3. The number of aromatic nitrogens is 1. The predicted molar refractivity (Wildman–Crippen MR) is 160 cm³/mol. The standard InChI is InChI=1S/C33H31FN4O7/c1-19-31(36-18-44-19)33(41)38-11-10-28-27(16-38)37-32(40)25-13-21(7-9-26(25)34)20-4-3-5-23(12-20)43-17-30(39)35-15-22-6-8-24(45-28)14-29(22)42-2/h3-9,12-14,18,27-28H,10-11,15-17H2,1-2H3,(H,35,39)(H,37,40)/t27-,28+/m1/s1. The molecule has 3 aromatic carbocycles. The fraction of sp³-hybridized carbons (Fsp3) is 0.273. The van der Waals surface area contributed by atoms with E-state index in [4.69, 9.17) is 18.6 Å². The quantitative estimate of drug-likeness (QED) is 0.348. The smallest absolute Gasteiger partial charge is 0.276 e. The number of nitrogens with one attached hydrogen (secondary N) is 2. The lowest BCUT2D eigenvalue weighted by molar-refractivity contribution is -0.123. The molecule has 3 aliphatic heterocycles. The topological polar surface area (TPSA) is 132 Å². The Kier molecular flexibility index (Phi) is 8.37. The molecule has 6 bridgehead atoms. The molecule has 2 N–H and O–H groups in total. The van der Waals surface area contributed by atoms with Crippen molar-refractivity contribution < 1.29 is 37.4 Å². The fourth-order valence-corrected chi connectivity index (χ4v) is 5.46. The van der Waals surface area contributed by atoms with Gasteiger partial charge < -0.3 is 34.2 Å². The molecule has 4 aromatic rings. The normalized spacial score (nSPS) is 18.5. The number of halogens is 1. The van der Waals surface area contributed by atoms with Gasteiger partial charge in [0.1, 0.15) is 34.9 Å². The number of rotatable bonds is 2. The van der Waals surface area contributed by atoms with E-state index in [-0.39, 0.29) is 42.8 Å². The zero-order valence-corrected chi connectivity index (χ0v) is 24.7. The molecule has 0 aliphatic carbocycles. The second-order valence-corrected chi connectivity index (χ2v) is 10.8. The van der Waals surface area contributed by atoms with Gasteiger partial charge >= 0.3 is 0 Å². The van der Waals surface area contributed by atoms with E-state index < -0.39 is 23.9 Å². The van der Waals surface area contributed by atoms with Gasteiger partial charge in [-0.25, -0.2) is 9.37 Å². The van der Waals surface area contributed by atoms with Gasteiger partial charge in [0.15, 0.2) is 18.7 Å². The van der Waals surface area contributed by atoms with Crippen LogP contribution in [0.15, 0.2) is 71.5 Å². The SMILES string of the molecule is COc1cc2ccc1CNC(=O)COc1cccc(c1)-c1ccc(F)c(c1)C(=O)N[C@@H]1CN(C(=O)c3ncoc3C)CC[C@@H]1O2. The number of oxazole rings is 1. The van der Waals surface area contributed by atoms with Crippen molar-refractivity contribution in [3.63, 3.8) is 0 Å². The summed E-state index contributed by atoms with van der Waals surface area (Å²) in [5.74, 6) is -0.272. The van der Waals surface area contributed by atoms with E-state index >= 15 is 4.39 Å². The van der Waals surface area contributed by atoms with E-state index in [0.29, 0.717) is 47.1 Å². The van der Waals surface area contributed by atoms with Crippen molar-refractivity contribution in [3.05, 3.63) is 95.5 Å². The third kappa shape index (κ3) is 6.44. The van der Waals surface area contributed by atoms with E-state index in [1.54, 1.807) is 60.4 Å². The maximum atomic E-state index is 15.1. The molecule has 4 heterocycles. The summed E-state index contributed by atoms with van der Waals surface area (Å²) in [5, 5.41) is 5.76. The summed E-state index contributed by atoms with van der Waals surface area (Å²) in [4.78, 5) is 45.1. The summed E-state index contributed by atoms with van der Waals surface area (Å²) in [6.45, 7) is 2.04. The highest BCUT2D eigenvalue weighted by Crippen LogP contribution is 2.29. The van der Waals surface area contributed by atoms with E-state index in [2.05, 4.69) is 15.6 Å². The van der Waals surface area contributed by atoms with Gasteiger partial charge in [-0.1, -0.05) is 18.2 Å². The zero-order valence-electron chi connectivity index (χ0n) is 24.7. The average Bonchev–Trinajstić information content (AvgIpc) is 3.49. The highest BCUT2D eigenvalue weighted by atomic mass is 19.1. The number of amides is 3. The van der Waals surface area contributed by atoms with Crippen LogP contribution in [0.2, 0.25) is 0 Å². The van der Waals surface area contributed by atoms with Crippen LogP contribution in [-0.2, 0) is 11.3 Å². The molecular formula is C33H31FN4O7. The molecule has 11 nitrogen and oxygen atoms in total. The van der Waals surface area contributed by atoms with E-state index in [1.807, 2.05) is 0 Å². The molecule has 1 aromatic heterocycles. The molecule has 0 saturated carbocycles. The van der Waals surface area contributed by atoms with Gasteiger partial charge in [-0.2, -0.15) is 0 Å². The van der Waals surface area contributed by atoms with Crippen molar-refractivity contribution in [2.75, 3.05) is 26.8 Å². The number of ether oxygens (including phenoxy) is 3. The van der Waals surface area contributed by atoms with Crippen LogP contribution in [0.4, 0.5) is 4.39 Å². The largest absolute Gasteiger partial charge is 0.496 e. The lowest BCUT2D eigenvalue weighted by atomic mass is 9.99. The Morgan fingerprint density at radius 2 is 1.91 bits per heavy atom. The van der Waals surface area contributed by atoms with Gasteiger partial charge in [-0.3, -0.25) is 14.4 Å². The van der Waals surface area contributed by atoms with Crippen LogP contribution in [0.5, 0.6) is 17.2 Å². The fourth-order valence-electron chi connectivity index (χ4n) is 5.46. The number of nitrogens with zero attached hydrogens (tertiary/aromatic N) is 2. The summed E-state index contributed by atoms with van der Waals surface area (Å²) < 4.78 is 38.0. The van der Waals surface area contributed by atoms with Gasteiger partial charge in [0.05, 0.1) is 18.7 Å². The zero-order chi connectivity index (χ0) is 31.5. The van der Waals surface area contributed by atoms with Crippen molar-refractivity contribution in [2.45, 2.75) is 32.0 Å². The average molecular weight is 615 g/mol. The Bertz CT molecular complexity index is 1760. The number of hydrogen-bond donors (Lipinski definition) is 2. The molecule has 232 valence electrons. The molecule has 7 rings (SSSR count). The molecular weight excluding hydrogens is 583 g/mol. The van der Waals surface area contributed by atoms with E-state index in [0.717, 1.165) is 5.56 Å². The lowest BCUT2D eigenvalue weighted by Gasteiger charge is -2.38. The van der Waals surface area contributed by atoms with Gasteiger partial charge in [-0.15, -0.1) is 0 Å². The van der Waals surface area contributed by atoms with Crippen molar-refractivity contribution in [2.24, 2.45) is 0 Å². The number of hydrogen-bond acceptors (Lipinski definition) is 8. The second kappa shape index (κ2) is 12.7. The lowest BCUT2D eigenvalue weighted by Crippen LogP contribution is -2.58. The number of piperidine rings is 1. The first-order chi connectivity index (χ1) is 21.8. The Labute approximate surface area is 258 Å². The van der Waals surface area contributed by atoms with Crippen LogP contribution < -0.4 is 24.8 Å². The second-order valence-electron chi connectivity index (χ2n) is 10.8. The summed E-state index contributed by atoms with van der Waals surface area (Å²) in [5.41, 5.74) is 1.97. The third-order valence-electron chi connectivity index (χ3n) is 7.87. The van der Waals surface area contributed by atoms with Crippen LogP contribution in [0, 0.1) is 12.7 Å². The van der Waals surface area contributed by atoms with E-state index in [1.165, 1.54) is 25.6 Å². The summed E-state index contributed by atoms with van der Waals surface area (Å²) in [7, 11) is 1.51. The molecule has 1 fully saturated rings. The van der Waals surface area contributed by atoms with Crippen LogP contribution in [0.3, 0.4) is 0 Å². The first kappa shape index (κ1) is 29.7. The summed E-state index contributed by atoms with van der Waals surface area (Å²) in [6.07, 6.45) is 1.00. The highest BCUT2D eigenvalue weighted by molar-refractivity contribution is 5.96. The number of aryl methyl sites for hydroxylation is 1. The molecule has 0 radical (unpaired) electrons. The Balaban J connectivity index is 1.36. The van der Waals surface area contributed by atoms with Crippen molar-refractivity contribution >= 4 is 17.7 Å². The molecule has 12 heteroatoms. The first-order valence-corrected chi connectivity index (χ1v) is 14.4. The van der Waals surface area contributed by atoms with Gasteiger partial charge in [-0.05, 0) is 54.4 Å². The number of likely N-dealkylation sites (tertiary alicyclic amines) is 1. The molecule has 2 atom stereocenters. The summed E-state index contributed by atoms with van der Waals surface area (Å²) in [6, 6.07) is 15.7. The van der Waals surface area contributed by atoms with E-state index in [9.17, 15) is 14.4 Å². The summed E-state index contributed by atoms with van der Waals surface area (Å²) >= 11 is 0. The van der Waals surface area contributed by atoms with Crippen molar-refractivity contribution in [1.29, 1.82) is 0 Å². The molecule has 0 spiro atoms. The van der Waals surface area contributed by atoms with Crippen LogP contribution in [0.25, 0.3) is 11.1 Å². The maximum Gasteiger partial charge on any atom is 0.276 e. The van der Waals surface area contributed by atoms with Crippen LogP contribution in [0.1, 0.15) is 38.6 Å². The number of fused-ring (bicyclic) bond motifs is 7. The molecule has 3 aliphatic rings. The van der Waals surface area contributed by atoms with Gasteiger partial charge in [0.2, 0.25) is 0 Å². The molecule has 0 unspecified atom stereocenters. The highest BCUT2D eigenvalue weighted by Gasteiger charge is 2.36. The molecule has 1 saturated heterocycles. The number of methoxy groups -OCH3 is 1. The third-order valence-corrected chi connectivity index (χ3v) is 7.87. The number of benzene rings is 3. The van der Waals surface area contributed by atoms with Crippen molar-refractivity contribution in [1.82, 2.24) is 20.5 Å². The minimum Gasteiger partial charge on any atom is -0.496 e. The predicted octanol–water partition coefficient (Wildman–Crippen LogP) is 3.90.